The largest absolute Gasteiger partial charge is 0.480 e. The first-order valence-electron chi connectivity index (χ1n) is 7.09. The summed E-state index contributed by atoms with van der Waals surface area (Å²) in [7, 11) is 0. The minimum atomic E-state index is -0.564. The van der Waals surface area contributed by atoms with Gasteiger partial charge in [-0.3, -0.25) is 9.59 Å². The lowest BCUT2D eigenvalue weighted by molar-refractivity contribution is 0.0957. The van der Waals surface area contributed by atoms with Gasteiger partial charge in [0.1, 0.15) is 12.4 Å². The number of para-hydroxylation sites is 1. The van der Waals surface area contributed by atoms with E-state index < -0.39 is 5.91 Å². The highest BCUT2D eigenvalue weighted by atomic mass is 35.5. The lowest BCUT2D eigenvalue weighted by atomic mass is 10.2. The van der Waals surface area contributed by atoms with Gasteiger partial charge < -0.3 is 15.8 Å². The van der Waals surface area contributed by atoms with Crippen LogP contribution in [0.4, 0.5) is 0 Å². The van der Waals surface area contributed by atoms with E-state index in [9.17, 15) is 9.59 Å². The van der Waals surface area contributed by atoms with Gasteiger partial charge in [-0.25, -0.2) is 0 Å². The second kappa shape index (κ2) is 8.61. The average Bonchev–Trinajstić information content (AvgIpc) is 2.58. The summed E-state index contributed by atoms with van der Waals surface area (Å²) in [4.78, 5) is 23.1. The summed E-state index contributed by atoms with van der Waals surface area (Å²) in [6.45, 7) is 0.233. The molecule has 0 heterocycles. The van der Waals surface area contributed by atoms with Gasteiger partial charge >= 0.3 is 0 Å². The minimum Gasteiger partial charge on any atom is -0.480 e. The molecule has 122 valence electrons. The summed E-state index contributed by atoms with van der Waals surface area (Å²) in [6.07, 6.45) is 0. The Hall–Kier alpha value is -2.97. The third-order valence-corrected chi connectivity index (χ3v) is 3.36. The van der Waals surface area contributed by atoms with E-state index in [4.69, 9.17) is 22.1 Å². The lowest BCUT2D eigenvalue weighted by Crippen LogP contribution is -2.23. The van der Waals surface area contributed by atoms with E-state index in [1.165, 1.54) is 0 Å². The molecular weight excluding hydrogens is 328 g/mol. The van der Waals surface area contributed by atoms with Crippen molar-refractivity contribution in [2.75, 3.05) is 13.2 Å². The summed E-state index contributed by atoms with van der Waals surface area (Å²) in [6, 6.07) is 13.4. The van der Waals surface area contributed by atoms with Crippen LogP contribution in [0.3, 0.4) is 0 Å². The number of nitrogens with two attached hydrogens (primary N) is 1. The molecule has 0 aliphatic heterocycles. The molecule has 3 N–H and O–H groups in total. The number of hydrogen-bond donors (Lipinski definition) is 2. The van der Waals surface area contributed by atoms with E-state index in [1.807, 2.05) is 0 Å². The van der Waals surface area contributed by atoms with E-state index in [0.717, 1.165) is 0 Å². The van der Waals surface area contributed by atoms with Crippen molar-refractivity contribution in [2.24, 2.45) is 5.73 Å². The Labute approximate surface area is 144 Å². The molecule has 0 saturated heterocycles. The number of amides is 2. The summed E-state index contributed by atoms with van der Waals surface area (Å²) in [5, 5.41) is 3.03. The molecule has 2 amide bonds. The molecule has 2 aromatic rings. The molecule has 6 heteroatoms. The van der Waals surface area contributed by atoms with E-state index in [0.29, 0.717) is 21.9 Å². The van der Waals surface area contributed by atoms with Crippen molar-refractivity contribution in [3.05, 3.63) is 64.7 Å². The summed E-state index contributed by atoms with van der Waals surface area (Å²) >= 11 is 5.94. The minimum absolute atomic E-state index is 0.0757. The van der Waals surface area contributed by atoms with Gasteiger partial charge in [0.25, 0.3) is 11.8 Å². The molecule has 0 saturated carbocycles. The van der Waals surface area contributed by atoms with Gasteiger partial charge in [0.2, 0.25) is 0 Å². The van der Waals surface area contributed by atoms with Crippen LogP contribution in [-0.4, -0.2) is 25.0 Å². The van der Waals surface area contributed by atoms with Gasteiger partial charge in [0, 0.05) is 0 Å². The Morgan fingerprint density at radius 1 is 1.04 bits per heavy atom. The van der Waals surface area contributed by atoms with Crippen LogP contribution in [0.25, 0.3) is 0 Å². The summed E-state index contributed by atoms with van der Waals surface area (Å²) < 4.78 is 5.40. The smallest absolute Gasteiger partial charge is 0.253 e. The fraction of sp³-hybridized carbons (Fsp3) is 0.111. The molecule has 0 aromatic heterocycles. The zero-order valence-electron chi connectivity index (χ0n) is 12.7. The maximum absolute atomic E-state index is 11.9. The molecule has 0 spiro atoms. The van der Waals surface area contributed by atoms with Crippen LogP contribution in [0.15, 0.2) is 48.5 Å². The number of benzene rings is 2. The number of carbonyl (C=O) groups excluding carboxylic acids is 2. The zero-order valence-corrected chi connectivity index (χ0v) is 13.5. The number of primary amides is 1. The Balaban J connectivity index is 1.82. The van der Waals surface area contributed by atoms with Crippen molar-refractivity contribution in [2.45, 2.75) is 0 Å². The van der Waals surface area contributed by atoms with Gasteiger partial charge in [-0.1, -0.05) is 47.7 Å². The summed E-state index contributed by atoms with van der Waals surface area (Å²) in [5.74, 6) is 5.02. The van der Waals surface area contributed by atoms with Crippen molar-refractivity contribution in [1.29, 1.82) is 0 Å². The second-order valence-corrected chi connectivity index (χ2v) is 5.07. The number of rotatable bonds is 5. The number of ether oxygens (including phenoxy) is 1. The van der Waals surface area contributed by atoms with Crippen molar-refractivity contribution in [3.63, 3.8) is 0 Å². The highest BCUT2D eigenvalue weighted by Gasteiger charge is 2.08. The molecule has 24 heavy (non-hydrogen) atoms. The van der Waals surface area contributed by atoms with Crippen LogP contribution in [-0.2, 0) is 0 Å². The van der Waals surface area contributed by atoms with Gasteiger partial charge in [-0.15, -0.1) is 0 Å². The van der Waals surface area contributed by atoms with E-state index in [-0.39, 0.29) is 19.1 Å². The molecule has 0 aliphatic rings. The van der Waals surface area contributed by atoms with Crippen LogP contribution in [0, 0.1) is 11.8 Å². The van der Waals surface area contributed by atoms with Crippen LogP contribution in [0.2, 0.25) is 5.02 Å². The van der Waals surface area contributed by atoms with Crippen LogP contribution in [0.1, 0.15) is 20.7 Å². The predicted molar refractivity (Wildman–Crippen MR) is 92.0 cm³/mol. The van der Waals surface area contributed by atoms with Gasteiger partial charge in [-0.05, 0) is 24.3 Å². The summed E-state index contributed by atoms with van der Waals surface area (Å²) in [5.41, 5.74) is 5.95. The van der Waals surface area contributed by atoms with E-state index in [2.05, 4.69) is 17.2 Å². The molecule has 0 atom stereocenters. The Bertz CT molecular complexity index is 809. The molecule has 0 radical (unpaired) electrons. The molecule has 0 aliphatic carbocycles. The molecule has 0 bridgehead atoms. The second-order valence-electron chi connectivity index (χ2n) is 4.67. The fourth-order valence-corrected chi connectivity index (χ4v) is 2.11. The highest BCUT2D eigenvalue weighted by molar-refractivity contribution is 6.33. The van der Waals surface area contributed by atoms with Crippen LogP contribution in [0.5, 0.6) is 5.75 Å². The average molecular weight is 343 g/mol. The van der Waals surface area contributed by atoms with Crippen molar-refractivity contribution >= 4 is 23.4 Å². The Morgan fingerprint density at radius 3 is 2.42 bits per heavy atom. The number of nitrogens with one attached hydrogen (secondary N) is 1. The molecule has 5 nitrogen and oxygen atoms in total. The maximum Gasteiger partial charge on any atom is 0.253 e. The molecule has 2 rings (SSSR count). The van der Waals surface area contributed by atoms with Crippen LogP contribution < -0.4 is 15.8 Å². The van der Waals surface area contributed by atoms with Gasteiger partial charge in [0.15, 0.2) is 0 Å². The zero-order chi connectivity index (χ0) is 17.4. The van der Waals surface area contributed by atoms with Gasteiger partial charge in [0.05, 0.1) is 22.7 Å². The van der Waals surface area contributed by atoms with Gasteiger partial charge in [-0.2, -0.15) is 0 Å². The monoisotopic (exact) mass is 342 g/mol. The SMILES string of the molecule is NC(=O)c1ccccc1OCC#CCNC(=O)c1ccccc1Cl. The van der Waals surface area contributed by atoms with E-state index >= 15 is 0 Å². The van der Waals surface area contributed by atoms with Crippen LogP contribution >= 0.6 is 11.6 Å². The standard InChI is InChI=1S/C18H15ClN2O3/c19-15-9-3-1-7-13(15)18(23)21-11-5-6-12-24-16-10-4-2-8-14(16)17(20)22/h1-4,7-10H,11-12H2,(H2,20,22)(H,21,23). The maximum atomic E-state index is 11.9. The third kappa shape index (κ3) is 4.77. The number of halogens is 1. The first-order valence-corrected chi connectivity index (χ1v) is 7.47. The number of carbonyl (C=O) groups is 2. The normalized spacial score (nSPS) is 9.54. The van der Waals surface area contributed by atoms with Crippen molar-refractivity contribution in [1.82, 2.24) is 5.32 Å². The Kier molecular flexibility index (Phi) is 6.23. The van der Waals surface area contributed by atoms with Crippen molar-refractivity contribution < 1.29 is 14.3 Å². The fourth-order valence-electron chi connectivity index (χ4n) is 1.89. The highest BCUT2D eigenvalue weighted by Crippen LogP contribution is 2.16. The molecular formula is C18H15ClN2O3. The first-order chi connectivity index (χ1) is 11.6. The lowest BCUT2D eigenvalue weighted by Gasteiger charge is -2.06. The third-order valence-electron chi connectivity index (χ3n) is 3.03. The Morgan fingerprint density at radius 2 is 1.71 bits per heavy atom. The molecule has 2 aromatic carbocycles. The molecule has 0 fully saturated rings. The quantitative estimate of drug-likeness (QED) is 0.818. The van der Waals surface area contributed by atoms with E-state index in [1.54, 1.807) is 48.5 Å². The first kappa shape index (κ1) is 17.4. The number of hydrogen-bond acceptors (Lipinski definition) is 3. The molecule has 0 unspecified atom stereocenters. The topological polar surface area (TPSA) is 81.4 Å². The van der Waals surface area contributed by atoms with Crippen molar-refractivity contribution in [3.8, 4) is 17.6 Å². The predicted octanol–water partition coefficient (Wildman–Crippen LogP) is 2.25.